The molecule has 0 saturated heterocycles. The fraction of sp³-hybridized carbons (Fsp3) is 0.263. The number of halogens is 1. The van der Waals surface area contributed by atoms with Gasteiger partial charge in [0.2, 0.25) is 6.29 Å². The van der Waals surface area contributed by atoms with Gasteiger partial charge in [-0.1, -0.05) is 0 Å². The van der Waals surface area contributed by atoms with Crippen LogP contribution < -0.4 is 0 Å². The first-order valence-electron chi connectivity index (χ1n) is 8.03. The minimum atomic E-state index is -0.638. The second-order valence-electron chi connectivity index (χ2n) is 5.35. The lowest BCUT2D eigenvalue weighted by Crippen LogP contribution is -2.07. The first-order chi connectivity index (χ1) is 12.2. The van der Waals surface area contributed by atoms with E-state index in [9.17, 15) is 9.18 Å². The number of rotatable bonds is 7. The molecule has 3 rings (SSSR count). The molecule has 0 atom stereocenters. The Morgan fingerprint density at radius 2 is 1.92 bits per heavy atom. The van der Waals surface area contributed by atoms with E-state index in [2.05, 4.69) is 4.98 Å². The van der Waals surface area contributed by atoms with E-state index in [-0.39, 0.29) is 5.56 Å². The summed E-state index contributed by atoms with van der Waals surface area (Å²) in [7, 11) is 0. The SMILES string of the molecule is CCOC(OCC)c1cc2cncc(-c3cc(C=O)ccc3F)c2o1. The number of furan rings is 1. The summed E-state index contributed by atoms with van der Waals surface area (Å²) >= 11 is 0. The molecular formula is C19H18FNO4. The Kier molecular flexibility index (Phi) is 5.21. The Morgan fingerprint density at radius 1 is 1.16 bits per heavy atom. The summed E-state index contributed by atoms with van der Waals surface area (Å²) in [5.41, 5.74) is 1.57. The van der Waals surface area contributed by atoms with Gasteiger partial charge in [-0.2, -0.15) is 0 Å². The molecule has 0 N–H and O–H groups in total. The van der Waals surface area contributed by atoms with Crippen molar-refractivity contribution < 1.29 is 23.1 Å². The lowest BCUT2D eigenvalue weighted by atomic mass is 10.0. The predicted molar refractivity (Wildman–Crippen MR) is 90.8 cm³/mol. The third-order valence-corrected chi connectivity index (χ3v) is 3.73. The average molecular weight is 343 g/mol. The maximum absolute atomic E-state index is 14.3. The summed E-state index contributed by atoms with van der Waals surface area (Å²) in [6.45, 7) is 4.65. The number of aldehydes is 1. The van der Waals surface area contributed by atoms with Crippen molar-refractivity contribution in [2.24, 2.45) is 0 Å². The van der Waals surface area contributed by atoms with Crippen molar-refractivity contribution in [2.45, 2.75) is 20.1 Å². The third kappa shape index (κ3) is 3.45. The van der Waals surface area contributed by atoms with E-state index in [1.54, 1.807) is 12.3 Å². The standard InChI is InChI=1S/C19H18FNO4/c1-3-23-19(24-4-2)17-8-13-9-21-10-15(18(13)25-17)14-7-12(11-22)5-6-16(14)20/h5-11,19H,3-4H2,1-2H3. The normalized spacial score (nSPS) is 11.4. The van der Waals surface area contributed by atoms with Crippen molar-refractivity contribution in [1.82, 2.24) is 4.98 Å². The van der Waals surface area contributed by atoms with E-state index in [4.69, 9.17) is 13.9 Å². The van der Waals surface area contributed by atoms with Gasteiger partial charge in [0.05, 0.1) is 0 Å². The van der Waals surface area contributed by atoms with Crippen LogP contribution in [0.5, 0.6) is 0 Å². The number of hydrogen-bond donors (Lipinski definition) is 0. The molecule has 0 aliphatic heterocycles. The van der Waals surface area contributed by atoms with Gasteiger partial charge in [-0.3, -0.25) is 9.78 Å². The molecule has 0 fully saturated rings. The molecule has 2 aromatic heterocycles. The second kappa shape index (κ2) is 7.55. The minimum absolute atomic E-state index is 0.257. The van der Waals surface area contributed by atoms with E-state index in [0.29, 0.717) is 47.4 Å². The third-order valence-electron chi connectivity index (χ3n) is 3.73. The van der Waals surface area contributed by atoms with E-state index >= 15 is 0 Å². The lowest BCUT2D eigenvalue weighted by molar-refractivity contribution is -0.150. The van der Waals surface area contributed by atoms with Crippen molar-refractivity contribution in [3.63, 3.8) is 0 Å². The van der Waals surface area contributed by atoms with Crippen molar-refractivity contribution >= 4 is 17.3 Å². The van der Waals surface area contributed by atoms with Crippen LogP contribution in [0.15, 0.2) is 41.1 Å². The maximum Gasteiger partial charge on any atom is 0.217 e. The quantitative estimate of drug-likeness (QED) is 0.466. The summed E-state index contributed by atoms with van der Waals surface area (Å²) in [5.74, 6) is 0.0314. The molecule has 130 valence electrons. The predicted octanol–water partition coefficient (Wildman–Crippen LogP) is 4.52. The minimum Gasteiger partial charge on any atom is -0.455 e. The van der Waals surface area contributed by atoms with Gasteiger partial charge >= 0.3 is 0 Å². The van der Waals surface area contributed by atoms with Crippen molar-refractivity contribution in [1.29, 1.82) is 0 Å². The average Bonchev–Trinajstić information content (AvgIpc) is 3.06. The second-order valence-corrected chi connectivity index (χ2v) is 5.35. The number of pyridine rings is 1. The number of carbonyl (C=O) groups excluding carboxylic acids is 1. The molecule has 2 heterocycles. The Labute approximate surface area is 144 Å². The fourth-order valence-electron chi connectivity index (χ4n) is 2.63. The van der Waals surface area contributed by atoms with E-state index in [1.807, 2.05) is 13.8 Å². The van der Waals surface area contributed by atoms with Gasteiger partial charge in [0.1, 0.15) is 17.7 Å². The molecule has 0 bridgehead atoms. The maximum atomic E-state index is 14.3. The smallest absolute Gasteiger partial charge is 0.217 e. The molecule has 0 aliphatic carbocycles. The molecule has 0 aliphatic rings. The summed E-state index contributed by atoms with van der Waals surface area (Å²) in [5, 5.41) is 0.702. The van der Waals surface area contributed by atoms with Crippen LogP contribution in [0, 0.1) is 5.82 Å². The highest BCUT2D eigenvalue weighted by Gasteiger charge is 2.20. The van der Waals surface area contributed by atoms with Gasteiger partial charge in [-0.05, 0) is 38.1 Å². The number of hydrogen-bond acceptors (Lipinski definition) is 5. The molecule has 25 heavy (non-hydrogen) atoms. The number of aromatic nitrogens is 1. The number of carbonyl (C=O) groups is 1. The van der Waals surface area contributed by atoms with Crippen LogP contribution in [0.3, 0.4) is 0 Å². The Bertz CT molecular complexity index is 884. The van der Waals surface area contributed by atoms with Gasteiger partial charge in [-0.25, -0.2) is 4.39 Å². The van der Waals surface area contributed by atoms with Crippen LogP contribution in [-0.4, -0.2) is 24.5 Å². The molecule has 0 spiro atoms. The monoisotopic (exact) mass is 343 g/mol. The van der Waals surface area contributed by atoms with E-state index in [1.165, 1.54) is 24.4 Å². The van der Waals surface area contributed by atoms with Gasteiger partial charge < -0.3 is 13.9 Å². The van der Waals surface area contributed by atoms with Crippen LogP contribution in [0.25, 0.3) is 22.1 Å². The Hall–Kier alpha value is -2.57. The molecule has 0 amide bonds. The highest BCUT2D eigenvalue weighted by molar-refractivity contribution is 5.93. The van der Waals surface area contributed by atoms with Gasteiger partial charge in [0.25, 0.3) is 0 Å². The Morgan fingerprint density at radius 3 is 2.60 bits per heavy atom. The lowest BCUT2D eigenvalue weighted by Gasteiger charge is -2.13. The molecule has 3 aromatic rings. The number of nitrogens with zero attached hydrogens (tertiary/aromatic N) is 1. The first kappa shape index (κ1) is 17.3. The van der Waals surface area contributed by atoms with Gasteiger partial charge in [-0.15, -0.1) is 0 Å². The molecule has 0 saturated carbocycles. The largest absolute Gasteiger partial charge is 0.455 e. The van der Waals surface area contributed by atoms with Gasteiger partial charge in [0.15, 0.2) is 5.76 Å². The summed E-state index contributed by atoms with van der Waals surface area (Å²) in [6.07, 6.45) is 3.17. The zero-order valence-corrected chi connectivity index (χ0v) is 14.0. The fourth-order valence-corrected chi connectivity index (χ4v) is 2.63. The first-order valence-corrected chi connectivity index (χ1v) is 8.03. The molecular weight excluding hydrogens is 325 g/mol. The van der Waals surface area contributed by atoms with Crippen LogP contribution in [-0.2, 0) is 9.47 Å². The molecule has 6 heteroatoms. The topological polar surface area (TPSA) is 61.6 Å². The summed E-state index contributed by atoms with van der Waals surface area (Å²) < 4.78 is 31.3. The van der Waals surface area contributed by atoms with E-state index < -0.39 is 12.1 Å². The van der Waals surface area contributed by atoms with Crippen LogP contribution >= 0.6 is 0 Å². The van der Waals surface area contributed by atoms with Crippen LogP contribution in [0.2, 0.25) is 0 Å². The summed E-state index contributed by atoms with van der Waals surface area (Å²) in [6, 6.07) is 5.92. The van der Waals surface area contributed by atoms with Crippen molar-refractivity contribution in [2.75, 3.05) is 13.2 Å². The number of benzene rings is 1. The number of fused-ring (bicyclic) bond motifs is 1. The van der Waals surface area contributed by atoms with Crippen LogP contribution in [0.1, 0.15) is 36.3 Å². The molecule has 1 aromatic carbocycles. The van der Waals surface area contributed by atoms with Crippen molar-refractivity contribution in [3.05, 3.63) is 53.8 Å². The van der Waals surface area contributed by atoms with Gasteiger partial charge in [0, 0.05) is 47.7 Å². The Balaban J connectivity index is 2.13. The highest BCUT2D eigenvalue weighted by Crippen LogP contribution is 2.34. The molecule has 0 unspecified atom stereocenters. The zero-order chi connectivity index (χ0) is 17.8. The summed E-state index contributed by atoms with van der Waals surface area (Å²) in [4.78, 5) is 15.2. The van der Waals surface area contributed by atoms with Crippen molar-refractivity contribution in [3.8, 4) is 11.1 Å². The molecule has 0 radical (unpaired) electrons. The zero-order valence-electron chi connectivity index (χ0n) is 14.0. The number of ether oxygens (including phenoxy) is 2. The van der Waals surface area contributed by atoms with E-state index in [0.717, 1.165) is 0 Å². The molecule has 5 nitrogen and oxygen atoms in total. The van der Waals surface area contributed by atoms with Crippen LogP contribution in [0.4, 0.5) is 4.39 Å². The highest BCUT2D eigenvalue weighted by atomic mass is 19.1.